The second kappa shape index (κ2) is 2.42. The van der Waals surface area contributed by atoms with Gasteiger partial charge in [-0.3, -0.25) is 0 Å². The van der Waals surface area contributed by atoms with Gasteiger partial charge in [0.1, 0.15) is 0 Å². The van der Waals surface area contributed by atoms with Gasteiger partial charge in [0.25, 0.3) is 0 Å². The smallest absolute Gasteiger partial charge is 0.0418 e. The zero-order chi connectivity index (χ0) is 7.14. The van der Waals surface area contributed by atoms with Crippen LogP contribution in [0.3, 0.4) is 0 Å². The largest absolute Gasteiger partial charge is 0.122 e. The topological polar surface area (TPSA) is 0 Å². The van der Waals surface area contributed by atoms with Crippen molar-refractivity contribution in [2.24, 2.45) is 11.8 Å². The predicted molar refractivity (Wildman–Crippen MR) is 44.4 cm³/mol. The van der Waals surface area contributed by atoms with Gasteiger partial charge in [-0.25, -0.2) is 0 Å². The summed E-state index contributed by atoms with van der Waals surface area (Å²) in [5.74, 6) is 1.16. The predicted octanol–water partition coefficient (Wildman–Crippen LogP) is 3.15. The van der Waals surface area contributed by atoms with E-state index in [1.165, 1.54) is 12.8 Å². The molecule has 56 valence electrons. The van der Waals surface area contributed by atoms with Crippen molar-refractivity contribution in [2.45, 2.75) is 24.6 Å². The molecule has 0 radical (unpaired) electrons. The molecular formula is C8H10Cl2. The van der Waals surface area contributed by atoms with E-state index in [1.807, 2.05) is 0 Å². The summed E-state index contributed by atoms with van der Waals surface area (Å²) in [6, 6.07) is 0. The Labute approximate surface area is 71.2 Å². The molecule has 1 fully saturated rings. The van der Waals surface area contributed by atoms with Gasteiger partial charge in [-0.05, 0) is 25.2 Å². The van der Waals surface area contributed by atoms with Crippen molar-refractivity contribution in [3.8, 4) is 0 Å². The lowest BCUT2D eigenvalue weighted by molar-refractivity contribution is 0.329. The van der Waals surface area contributed by atoms with Gasteiger partial charge >= 0.3 is 0 Å². The third kappa shape index (κ3) is 0.981. The van der Waals surface area contributed by atoms with Crippen molar-refractivity contribution in [3.05, 3.63) is 11.1 Å². The molecule has 2 heteroatoms. The molecular weight excluding hydrogens is 167 g/mol. The van der Waals surface area contributed by atoms with Crippen LogP contribution in [0.1, 0.15) is 19.3 Å². The van der Waals surface area contributed by atoms with Gasteiger partial charge in [0, 0.05) is 16.3 Å². The van der Waals surface area contributed by atoms with Crippen LogP contribution < -0.4 is 0 Å². The summed E-state index contributed by atoms with van der Waals surface area (Å²) in [5.41, 5.74) is 0. The Morgan fingerprint density at radius 1 is 1.40 bits per heavy atom. The minimum atomic E-state index is 0.316. The number of fused-ring (bicyclic) bond motifs is 2. The molecule has 0 aliphatic heterocycles. The van der Waals surface area contributed by atoms with E-state index in [0.29, 0.717) is 17.2 Å². The lowest BCUT2D eigenvalue weighted by atomic mass is 9.76. The molecule has 3 aliphatic rings. The summed E-state index contributed by atoms with van der Waals surface area (Å²) in [6.45, 7) is 0. The van der Waals surface area contributed by atoms with E-state index in [4.69, 9.17) is 23.2 Å². The SMILES string of the molecule is ClC1=CC2CCC1C(Cl)C2. The molecule has 0 amide bonds. The molecule has 10 heavy (non-hydrogen) atoms. The first-order valence-electron chi connectivity index (χ1n) is 3.78. The van der Waals surface area contributed by atoms with Crippen molar-refractivity contribution < 1.29 is 0 Å². The lowest BCUT2D eigenvalue weighted by Crippen LogP contribution is -2.29. The standard InChI is InChI=1S/C8H10Cl2/c9-7-3-5-1-2-6(7)8(10)4-5/h3,5-6,8H,1-2,4H2. The van der Waals surface area contributed by atoms with Crippen molar-refractivity contribution in [1.82, 2.24) is 0 Å². The molecule has 3 atom stereocenters. The highest BCUT2D eigenvalue weighted by atomic mass is 35.5. The van der Waals surface area contributed by atoms with E-state index in [-0.39, 0.29) is 0 Å². The van der Waals surface area contributed by atoms with Crippen molar-refractivity contribution in [1.29, 1.82) is 0 Å². The quantitative estimate of drug-likeness (QED) is 0.498. The molecule has 0 aromatic heterocycles. The first-order valence-corrected chi connectivity index (χ1v) is 4.60. The summed E-state index contributed by atoms with van der Waals surface area (Å²) >= 11 is 12.1. The summed E-state index contributed by atoms with van der Waals surface area (Å²) in [6.07, 6.45) is 5.83. The van der Waals surface area contributed by atoms with Gasteiger partial charge in [0.2, 0.25) is 0 Å². The van der Waals surface area contributed by atoms with Gasteiger partial charge < -0.3 is 0 Å². The number of halogens is 2. The van der Waals surface area contributed by atoms with Gasteiger partial charge in [0.15, 0.2) is 0 Å². The molecule has 0 aromatic carbocycles. The van der Waals surface area contributed by atoms with Gasteiger partial charge in [-0.2, -0.15) is 0 Å². The second-order valence-electron chi connectivity index (χ2n) is 3.25. The molecule has 0 aromatic rings. The molecule has 0 heterocycles. The van der Waals surface area contributed by atoms with Gasteiger partial charge in [-0.15, -0.1) is 11.6 Å². The lowest BCUT2D eigenvalue weighted by Gasteiger charge is -2.36. The Morgan fingerprint density at radius 2 is 2.20 bits per heavy atom. The number of rotatable bonds is 0. The number of hydrogen-bond donors (Lipinski definition) is 0. The molecule has 3 rings (SSSR count). The Kier molecular flexibility index (Phi) is 1.69. The zero-order valence-electron chi connectivity index (χ0n) is 5.69. The summed E-state index contributed by atoms with van der Waals surface area (Å²) in [4.78, 5) is 0. The van der Waals surface area contributed by atoms with Crippen LogP contribution in [0.25, 0.3) is 0 Å². The fraction of sp³-hybridized carbons (Fsp3) is 0.750. The average Bonchev–Trinajstić information content (AvgIpc) is 1.86. The third-order valence-corrected chi connectivity index (χ3v) is 3.45. The van der Waals surface area contributed by atoms with Crippen LogP contribution in [0.5, 0.6) is 0 Å². The summed E-state index contributed by atoms with van der Waals surface area (Å²) < 4.78 is 0. The number of hydrogen-bond acceptors (Lipinski definition) is 0. The highest BCUT2D eigenvalue weighted by Gasteiger charge is 2.34. The van der Waals surface area contributed by atoms with E-state index in [1.54, 1.807) is 0 Å². The normalized spacial score (nSPS) is 45.4. The van der Waals surface area contributed by atoms with Crippen LogP contribution in [-0.2, 0) is 0 Å². The summed E-state index contributed by atoms with van der Waals surface area (Å²) in [7, 11) is 0. The van der Waals surface area contributed by atoms with Crippen LogP contribution in [0.4, 0.5) is 0 Å². The van der Waals surface area contributed by atoms with E-state index in [0.717, 1.165) is 11.5 Å². The molecule has 0 saturated heterocycles. The monoisotopic (exact) mass is 176 g/mol. The van der Waals surface area contributed by atoms with E-state index >= 15 is 0 Å². The van der Waals surface area contributed by atoms with Crippen LogP contribution in [0.2, 0.25) is 0 Å². The molecule has 0 spiro atoms. The average molecular weight is 177 g/mol. The highest BCUT2D eigenvalue weighted by molar-refractivity contribution is 6.31. The Balaban J connectivity index is 2.27. The fourth-order valence-corrected chi connectivity index (χ4v) is 2.95. The van der Waals surface area contributed by atoms with Crippen LogP contribution in [0, 0.1) is 11.8 Å². The van der Waals surface area contributed by atoms with Crippen LogP contribution in [-0.4, -0.2) is 5.38 Å². The Bertz CT molecular complexity index is 174. The molecule has 0 nitrogen and oxygen atoms in total. The maximum Gasteiger partial charge on any atom is 0.0418 e. The fourth-order valence-electron chi connectivity index (χ4n) is 1.96. The first-order chi connectivity index (χ1) is 4.77. The van der Waals surface area contributed by atoms with Crippen molar-refractivity contribution in [2.75, 3.05) is 0 Å². The highest BCUT2D eigenvalue weighted by Crippen LogP contribution is 2.44. The number of alkyl halides is 1. The maximum absolute atomic E-state index is 6.08. The summed E-state index contributed by atoms with van der Waals surface area (Å²) in [5, 5.41) is 1.33. The first kappa shape index (κ1) is 7.00. The van der Waals surface area contributed by atoms with E-state index < -0.39 is 0 Å². The second-order valence-corrected chi connectivity index (χ2v) is 4.24. The van der Waals surface area contributed by atoms with Crippen molar-refractivity contribution in [3.63, 3.8) is 0 Å². The van der Waals surface area contributed by atoms with Gasteiger partial charge in [-0.1, -0.05) is 17.7 Å². The minimum absolute atomic E-state index is 0.316. The molecule has 2 bridgehead atoms. The Hall–Kier alpha value is 0.320. The van der Waals surface area contributed by atoms with E-state index in [9.17, 15) is 0 Å². The molecule has 3 aliphatic carbocycles. The third-order valence-electron chi connectivity index (χ3n) is 2.56. The zero-order valence-corrected chi connectivity index (χ0v) is 7.20. The van der Waals surface area contributed by atoms with Gasteiger partial charge in [0.05, 0.1) is 0 Å². The molecule has 0 N–H and O–H groups in total. The maximum atomic E-state index is 6.08. The minimum Gasteiger partial charge on any atom is -0.122 e. The Morgan fingerprint density at radius 3 is 2.60 bits per heavy atom. The van der Waals surface area contributed by atoms with E-state index in [2.05, 4.69) is 6.08 Å². The van der Waals surface area contributed by atoms with Crippen molar-refractivity contribution >= 4 is 23.2 Å². The molecule has 3 unspecified atom stereocenters. The van der Waals surface area contributed by atoms with Crippen LogP contribution >= 0.6 is 23.2 Å². The molecule has 1 saturated carbocycles. The number of allylic oxidation sites excluding steroid dienone is 2. The van der Waals surface area contributed by atoms with Crippen LogP contribution in [0.15, 0.2) is 11.1 Å².